The van der Waals surface area contributed by atoms with Crippen molar-refractivity contribution in [2.24, 2.45) is 0 Å². The van der Waals surface area contributed by atoms with Crippen molar-refractivity contribution in [2.75, 3.05) is 0 Å². The van der Waals surface area contributed by atoms with E-state index in [4.69, 9.17) is 0 Å². The summed E-state index contributed by atoms with van der Waals surface area (Å²) in [4.78, 5) is 0. The fourth-order valence-corrected chi connectivity index (χ4v) is 2.47. The lowest BCUT2D eigenvalue weighted by Crippen LogP contribution is -2.52. The van der Waals surface area contributed by atoms with Gasteiger partial charge in [0, 0.05) is 12.0 Å². The molecule has 1 aliphatic rings. The average Bonchev–Trinajstić information content (AvgIpc) is 2.44. The minimum absolute atomic E-state index is 0.0566. The number of benzene rings is 1. The van der Waals surface area contributed by atoms with Gasteiger partial charge in [0.1, 0.15) is 5.75 Å². The highest BCUT2D eigenvalue weighted by Crippen LogP contribution is 2.43. The van der Waals surface area contributed by atoms with E-state index in [1.807, 2.05) is 6.92 Å². The highest BCUT2D eigenvalue weighted by Gasteiger charge is 2.60. The first-order valence-corrected chi connectivity index (χ1v) is 7.29. The van der Waals surface area contributed by atoms with Crippen LogP contribution in [0.15, 0.2) is 48.6 Å². The smallest absolute Gasteiger partial charge is 0.431 e. The van der Waals surface area contributed by atoms with Crippen molar-refractivity contribution < 1.29 is 26.7 Å². The van der Waals surface area contributed by atoms with Crippen LogP contribution in [0.25, 0.3) is 5.57 Å². The molecule has 1 aromatic rings. The molecule has 24 heavy (non-hydrogen) atoms. The second-order valence-corrected chi connectivity index (χ2v) is 5.72. The molecule has 1 atom stereocenters. The number of ether oxygens (including phenoxy) is 1. The van der Waals surface area contributed by atoms with Crippen LogP contribution in [0.2, 0.25) is 0 Å². The molecule has 0 bridgehead atoms. The molecule has 2 rings (SSSR count). The van der Waals surface area contributed by atoms with Crippen LogP contribution < -0.4 is 4.74 Å². The Hall–Kier alpha value is -2.11. The van der Waals surface area contributed by atoms with Crippen LogP contribution in [-0.4, -0.2) is 18.2 Å². The van der Waals surface area contributed by atoms with Crippen molar-refractivity contribution in [3.8, 4) is 5.75 Å². The monoisotopic (exact) mass is 344 g/mol. The predicted octanol–water partition coefficient (Wildman–Crippen LogP) is 5.72. The summed E-state index contributed by atoms with van der Waals surface area (Å²) in [5.74, 6) is -4.17. The van der Waals surface area contributed by atoms with Crippen molar-refractivity contribution in [3.05, 3.63) is 59.7 Å². The molecule has 1 heterocycles. The molecule has 0 N–H and O–H groups in total. The van der Waals surface area contributed by atoms with Gasteiger partial charge in [-0.15, -0.1) is 0 Å². The van der Waals surface area contributed by atoms with Crippen molar-refractivity contribution >= 4 is 5.57 Å². The zero-order chi connectivity index (χ0) is 18.1. The van der Waals surface area contributed by atoms with E-state index in [9.17, 15) is 22.0 Å². The van der Waals surface area contributed by atoms with Gasteiger partial charge in [0.25, 0.3) is 12.0 Å². The summed E-state index contributed by atoms with van der Waals surface area (Å²) in [7, 11) is 0. The molecule has 0 radical (unpaired) electrons. The van der Waals surface area contributed by atoms with E-state index >= 15 is 0 Å². The first-order valence-electron chi connectivity index (χ1n) is 7.29. The molecule has 6 heteroatoms. The van der Waals surface area contributed by atoms with Crippen LogP contribution in [0.1, 0.15) is 25.0 Å². The van der Waals surface area contributed by atoms with Gasteiger partial charge in [-0.05, 0) is 37.1 Å². The zero-order valence-electron chi connectivity index (χ0n) is 13.3. The molecule has 1 aromatic carbocycles. The molecule has 1 nitrogen and oxygen atoms in total. The van der Waals surface area contributed by atoms with Gasteiger partial charge < -0.3 is 4.74 Å². The molecule has 0 aliphatic carbocycles. The number of alkyl halides is 5. The third kappa shape index (κ3) is 3.86. The summed E-state index contributed by atoms with van der Waals surface area (Å²) < 4.78 is 70.4. The molecular weight excluding hydrogens is 327 g/mol. The SMILES string of the molecule is C=C(C)/C=C\C(=C/C)c1ccc2c(c1)CC(F)(F)C(C(F)(F)F)O2. The Balaban J connectivity index is 2.38. The van der Waals surface area contributed by atoms with Crippen LogP contribution in [0.5, 0.6) is 5.75 Å². The highest BCUT2D eigenvalue weighted by molar-refractivity contribution is 5.75. The molecule has 0 saturated carbocycles. The van der Waals surface area contributed by atoms with E-state index < -0.39 is 24.6 Å². The van der Waals surface area contributed by atoms with Gasteiger partial charge in [-0.2, -0.15) is 13.2 Å². The van der Waals surface area contributed by atoms with Crippen molar-refractivity contribution in [3.63, 3.8) is 0 Å². The summed E-state index contributed by atoms with van der Waals surface area (Å²) >= 11 is 0. The maximum Gasteiger partial charge on any atom is 0.431 e. The number of hydrogen-bond acceptors (Lipinski definition) is 1. The number of hydrogen-bond donors (Lipinski definition) is 0. The van der Waals surface area contributed by atoms with Gasteiger partial charge >= 0.3 is 6.18 Å². The molecule has 0 amide bonds. The normalized spacial score (nSPS) is 20.6. The third-order valence-corrected chi connectivity index (χ3v) is 3.60. The Kier molecular flexibility index (Phi) is 4.87. The minimum Gasteiger partial charge on any atom is -0.474 e. The lowest BCUT2D eigenvalue weighted by molar-refractivity contribution is -0.264. The molecule has 1 aliphatic heterocycles. The number of fused-ring (bicyclic) bond motifs is 1. The topological polar surface area (TPSA) is 9.23 Å². The fraction of sp³-hybridized carbons (Fsp3) is 0.333. The van der Waals surface area contributed by atoms with Gasteiger partial charge in [-0.3, -0.25) is 0 Å². The van der Waals surface area contributed by atoms with Crippen molar-refractivity contribution in [1.29, 1.82) is 0 Å². The first-order chi connectivity index (χ1) is 11.0. The first kappa shape index (κ1) is 18.2. The van der Waals surface area contributed by atoms with Crippen LogP contribution in [-0.2, 0) is 6.42 Å². The molecule has 0 spiro atoms. The van der Waals surface area contributed by atoms with Crippen LogP contribution in [0.3, 0.4) is 0 Å². The van der Waals surface area contributed by atoms with Crippen LogP contribution in [0, 0.1) is 0 Å². The summed E-state index contributed by atoms with van der Waals surface area (Å²) in [5, 5.41) is 0. The molecule has 0 saturated heterocycles. The summed E-state index contributed by atoms with van der Waals surface area (Å²) in [6.07, 6.45) is -3.95. The van der Waals surface area contributed by atoms with Gasteiger partial charge in [0.05, 0.1) is 0 Å². The molecular formula is C18H17F5O. The largest absolute Gasteiger partial charge is 0.474 e. The van der Waals surface area contributed by atoms with E-state index in [2.05, 4.69) is 11.3 Å². The Labute approximate surface area is 137 Å². The third-order valence-electron chi connectivity index (χ3n) is 3.60. The molecule has 0 aromatic heterocycles. The summed E-state index contributed by atoms with van der Waals surface area (Å²) in [6, 6.07) is 4.29. The number of rotatable bonds is 3. The van der Waals surface area contributed by atoms with E-state index in [-0.39, 0.29) is 11.3 Å². The lowest BCUT2D eigenvalue weighted by Gasteiger charge is -2.34. The van der Waals surface area contributed by atoms with Crippen LogP contribution in [0.4, 0.5) is 22.0 Å². The summed E-state index contributed by atoms with van der Waals surface area (Å²) in [6.45, 7) is 7.32. The maximum absolute atomic E-state index is 13.8. The number of halogens is 5. The lowest BCUT2D eigenvalue weighted by atomic mass is 9.94. The highest BCUT2D eigenvalue weighted by atomic mass is 19.4. The second kappa shape index (κ2) is 6.42. The standard InChI is InChI=1S/C18H17F5O/c1-4-12(6-5-11(2)3)13-7-8-15-14(9-13)10-17(19,20)16(24-15)18(21,22)23/h4-9,16H,2,10H2,1,3H3/b6-5-,12-4+. The second-order valence-electron chi connectivity index (χ2n) is 5.72. The van der Waals surface area contributed by atoms with E-state index in [1.54, 1.807) is 31.2 Å². The Morgan fingerprint density at radius 1 is 1.29 bits per heavy atom. The molecule has 130 valence electrons. The van der Waals surface area contributed by atoms with E-state index in [0.717, 1.165) is 11.1 Å². The maximum atomic E-state index is 13.8. The average molecular weight is 344 g/mol. The summed E-state index contributed by atoms with van der Waals surface area (Å²) in [5.41, 5.74) is 2.25. The van der Waals surface area contributed by atoms with Crippen molar-refractivity contribution in [2.45, 2.75) is 38.5 Å². The van der Waals surface area contributed by atoms with E-state index in [1.165, 1.54) is 12.1 Å². The van der Waals surface area contributed by atoms with Gasteiger partial charge in [-0.1, -0.05) is 36.4 Å². The fourth-order valence-electron chi connectivity index (χ4n) is 2.47. The minimum atomic E-state index is -5.13. The van der Waals surface area contributed by atoms with Crippen molar-refractivity contribution in [1.82, 2.24) is 0 Å². The predicted molar refractivity (Wildman–Crippen MR) is 83.2 cm³/mol. The molecule has 0 fully saturated rings. The zero-order valence-corrected chi connectivity index (χ0v) is 13.3. The van der Waals surface area contributed by atoms with E-state index in [0.29, 0.717) is 5.56 Å². The Bertz CT molecular complexity index is 698. The van der Waals surface area contributed by atoms with Gasteiger partial charge in [-0.25, -0.2) is 8.78 Å². The molecule has 1 unspecified atom stereocenters. The Morgan fingerprint density at radius 3 is 2.50 bits per heavy atom. The van der Waals surface area contributed by atoms with Gasteiger partial charge in [0.2, 0.25) is 0 Å². The van der Waals surface area contributed by atoms with Gasteiger partial charge in [0.15, 0.2) is 0 Å². The quantitative estimate of drug-likeness (QED) is 0.503. The van der Waals surface area contributed by atoms with Crippen LogP contribution >= 0.6 is 0 Å². The number of allylic oxidation sites excluding steroid dienone is 5. The Morgan fingerprint density at radius 2 is 1.96 bits per heavy atom.